The molecule has 0 saturated carbocycles. The molecule has 3 rings (SSSR count). The number of nitrogen functional groups attached to an aromatic ring is 1. The molecular weight excluding hydrogens is 1200 g/mol. The van der Waals surface area contributed by atoms with Gasteiger partial charge in [-0.1, -0.05) is 183 Å². The van der Waals surface area contributed by atoms with E-state index in [1.54, 1.807) is 0 Å². The van der Waals surface area contributed by atoms with Crippen molar-refractivity contribution < 1.29 is 85.6 Å². The summed E-state index contributed by atoms with van der Waals surface area (Å²) in [4.78, 5) is 97.4. The van der Waals surface area contributed by atoms with Gasteiger partial charge in [-0.15, -0.1) is 0 Å². The van der Waals surface area contributed by atoms with E-state index < -0.39 is 90.7 Å². The van der Waals surface area contributed by atoms with Gasteiger partial charge in [0.05, 0.1) is 33.5 Å². The van der Waals surface area contributed by atoms with Crippen LogP contribution < -0.4 is 35.9 Å². The van der Waals surface area contributed by atoms with Gasteiger partial charge in [0.1, 0.15) is 36.3 Å². The molecule has 1 aliphatic heterocycles. The van der Waals surface area contributed by atoms with Crippen molar-refractivity contribution in [1.82, 2.24) is 30.2 Å². The third-order valence-corrected chi connectivity index (χ3v) is 17.6. The van der Waals surface area contributed by atoms with Gasteiger partial charge in [0.15, 0.2) is 22.8 Å². The minimum Gasteiger partial charge on any atom is -0.790 e. The Morgan fingerprint density at radius 1 is 0.756 bits per heavy atom. The summed E-state index contributed by atoms with van der Waals surface area (Å²) in [6.07, 6.45) is 39.2. The summed E-state index contributed by atoms with van der Waals surface area (Å²) in [7, 11) is -17.7. The molecule has 2 aromatic rings. The van der Waals surface area contributed by atoms with Crippen molar-refractivity contribution >= 4 is 69.1 Å². The number of hydrogen-bond donors (Lipinski definition) is 6. The number of nitrogens with two attached hydrogens (primary N) is 1. The molecule has 2 amide bonds. The van der Waals surface area contributed by atoms with E-state index in [1.165, 1.54) is 97.3 Å². The zero-order chi connectivity index (χ0) is 63.3. The predicted molar refractivity (Wildman–Crippen MR) is 322 cm³/mol. The van der Waals surface area contributed by atoms with Crippen LogP contribution in [0.5, 0.6) is 0 Å². The van der Waals surface area contributed by atoms with Crippen LogP contribution in [0, 0.1) is 5.41 Å². The van der Waals surface area contributed by atoms with Crippen LogP contribution in [0.1, 0.15) is 181 Å². The normalized spacial score (nSPS) is 19.1. The van der Waals surface area contributed by atoms with Gasteiger partial charge in [0.2, 0.25) is 11.8 Å². The second kappa shape index (κ2) is 42.3. The molecule has 1 aliphatic rings. The number of rotatable bonds is 48. The molecule has 29 heteroatoms. The summed E-state index contributed by atoms with van der Waals surface area (Å²) in [5.74, 6) is -1.33. The van der Waals surface area contributed by atoms with Crippen LogP contribution in [0.4, 0.5) is 5.82 Å². The second-order valence-corrected chi connectivity index (χ2v) is 26.9. The van der Waals surface area contributed by atoms with Crippen molar-refractivity contribution in [1.29, 1.82) is 0 Å². The first kappa shape index (κ1) is 76.5. The first-order valence-corrected chi connectivity index (χ1v) is 35.2. The van der Waals surface area contributed by atoms with Crippen LogP contribution in [-0.2, 0) is 50.7 Å². The lowest BCUT2D eigenvalue weighted by molar-refractivity contribution is -0.347. The zero-order valence-corrected chi connectivity index (χ0v) is 53.5. The average Bonchev–Trinajstić information content (AvgIpc) is 1.67. The molecule has 1 fully saturated rings. The van der Waals surface area contributed by atoms with Crippen molar-refractivity contribution in [2.75, 3.05) is 37.8 Å². The maximum atomic E-state index is 12.7. The highest BCUT2D eigenvalue weighted by Gasteiger charge is 2.47. The zero-order valence-electron chi connectivity index (χ0n) is 50.0. The van der Waals surface area contributed by atoms with E-state index in [4.69, 9.17) is 10.5 Å². The molecule has 0 spiro atoms. The highest BCUT2D eigenvalue weighted by molar-refractivity contribution is 8.13. The number of fused-ring (bicyclic) bond motifs is 1. The predicted octanol–water partition coefficient (Wildman–Crippen LogP) is 7.27. The Hall–Kier alpha value is -3.78. The minimum atomic E-state index is -5.94. The topological polar surface area (TPSA) is 395 Å². The number of nitrogens with zero attached hydrogens (tertiary/aromatic N) is 4. The molecule has 3 heterocycles. The van der Waals surface area contributed by atoms with Crippen molar-refractivity contribution in [3.05, 3.63) is 73.4 Å². The van der Waals surface area contributed by atoms with Gasteiger partial charge in [-0.2, -0.15) is 0 Å². The molecule has 7 N–H and O–H groups in total. The maximum Gasteiger partial charge on any atom is 0.274 e. The molecule has 2 aromatic heterocycles. The monoisotopic (exact) mass is 1290 g/mol. The highest BCUT2D eigenvalue weighted by Crippen LogP contribution is 2.56. The lowest BCUT2D eigenvalue weighted by atomic mass is 9.87. The number of carbonyl (C=O) groups is 3. The van der Waals surface area contributed by atoms with Crippen molar-refractivity contribution in [2.45, 2.75) is 212 Å². The lowest BCUT2D eigenvalue weighted by Gasteiger charge is -2.36. The number of anilines is 1. The van der Waals surface area contributed by atoms with Crippen LogP contribution >= 0.6 is 35.2 Å². The van der Waals surface area contributed by atoms with Gasteiger partial charge in [0.25, 0.3) is 15.6 Å². The van der Waals surface area contributed by atoms with E-state index in [1.807, 2.05) is 0 Å². The van der Waals surface area contributed by atoms with Crippen LogP contribution in [0.25, 0.3) is 11.2 Å². The Bertz CT molecular complexity index is 2600. The van der Waals surface area contributed by atoms with Gasteiger partial charge in [-0.25, -0.2) is 19.3 Å². The number of phosphoric ester groups is 3. The number of ether oxygens (including phenoxy) is 1. The number of amides is 2. The highest BCUT2D eigenvalue weighted by atomic mass is 32.2. The molecule has 0 aromatic carbocycles. The molecule has 2 unspecified atom stereocenters. The third kappa shape index (κ3) is 33.2. The number of unbranched alkanes of at least 4 members (excludes halogenated alkanes) is 15. The summed E-state index contributed by atoms with van der Waals surface area (Å²) >= 11 is 0.991. The molecule has 25 nitrogen and oxygen atoms in total. The van der Waals surface area contributed by atoms with E-state index in [0.717, 1.165) is 80.4 Å². The lowest BCUT2D eigenvalue weighted by Crippen LogP contribution is -2.46. The average molecular weight is 1290 g/mol. The number of aliphatic hydroxyl groups is 3. The van der Waals surface area contributed by atoms with Gasteiger partial charge in [-0.05, 0) is 51.4 Å². The number of imidazole rings is 1. The summed E-state index contributed by atoms with van der Waals surface area (Å²) < 4.78 is 61.0. The minimum absolute atomic E-state index is 0.0107. The summed E-state index contributed by atoms with van der Waals surface area (Å²) in [5.41, 5.74) is 4.07. The number of nitrogens with one attached hydrogen (secondary N) is 2. The number of hydrogen-bond acceptors (Lipinski definition) is 23. The summed E-state index contributed by atoms with van der Waals surface area (Å²) in [6.45, 7) is 2.15. The number of carbonyl (C=O) groups excluding carboxylic acids is 3. The fourth-order valence-corrected chi connectivity index (χ4v) is 12.4. The first-order chi connectivity index (χ1) is 40.9. The number of thioether (sulfide) groups is 1. The summed E-state index contributed by atoms with van der Waals surface area (Å²) in [5, 5.41) is 36.7. The van der Waals surface area contributed by atoms with Crippen LogP contribution in [0.15, 0.2) is 73.4 Å². The van der Waals surface area contributed by atoms with Crippen LogP contribution in [0.2, 0.25) is 0 Å². The van der Waals surface area contributed by atoms with E-state index >= 15 is 0 Å². The molecule has 1 saturated heterocycles. The number of phosphoric acid groups is 3. The molecule has 488 valence electrons. The molecule has 86 heavy (non-hydrogen) atoms. The Morgan fingerprint density at radius 3 is 1.86 bits per heavy atom. The standard InChI is InChI=1S/C57H96N7O18P3S/c1-4-5-6-7-8-9-10-11-12-13-14-15-16-17-18-19-20-21-22-23-24-25-26-27-28-29-30-31-32-33-34-35-45(65)40-48(67)86-39-38-59-47(66)36-37-60-55(70)52(69)57(2,3)42-79-85(76,77)82-84(74,75)78-41-46-51(81-83(71,72)73)50(68)56(80-46)64-44-63-49-53(58)61-43-62-54(49)64/h5-6,8-9,11-12,14-15,17-18,43-46,50-52,56,65,68-69H,4,7,10,13,16,19-42H2,1-3H3,(H,59,66)(H,60,70)(H,74,75)(H,76,77)(H2,58,61,62)(H2,71,72,73)/p-4/b6-5-,9-8-,12-11-,15-14-,18-17-/t45-,46-,50-,51-,52+,56-/m1/s1. The van der Waals surface area contributed by atoms with Crippen LogP contribution in [0.3, 0.4) is 0 Å². The molecule has 0 radical (unpaired) electrons. The van der Waals surface area contributed by atoms with Gasteiger partial charge in [0, 0.05) is 37.1 Å². The first-order valence-electron chi connectivity index (χ1n) is 29.9. The van der Waals surface area contributed by atoms with Crippen molar-refractivity contribution in [3.63, 3.8) is 0 Å². The van der Waals surface area contributed by atoms with Crippen LogP contribution in [-0.4, -0.2) is 114 Å². The van der Waals surface area contributed by atoms with E-state index in [9.17, 15) is 63.0 Å². The Balaban J connectivity index is 1.15. The van der Waals surface area contributed by atoms with Crippen molar-refractivity contribution in [3.8, 4) is 0 Å². The largest absolute Gasteiger partial charge is 0.790 e. The fraction of sp³-hybridized carbons (Fsp3) is 0.684. The molecule has 8 atom stereocenters. The SMILES string of the molecule is CC/C=C\C/C=C\C/C=C\C/C=C\C/C=C\CCCCCCCCCCCCCCCCC[C@@H](O)CC(=O)SCCNC(=O)CCNC(=O)[C@H](O)C(C)(C)COP(=O)([O-])OP(=O)([O-])OC[C@H]1O[C@@H](n2cnc3c(N)ncnc32)[C@H](O)[C@@H]1OP(=O)([O-])[O-]. The van der Waals surface area contributed by atoms with E-state index in [2.05, 4.69) is 111 Å². The van der Waals surface area contributed by atoms with Gasteiger partial charge in [-0.3, -0.25) is 28.1 Å². The Kier molecular flexibility index (Phi) is 37.6. The van der Waals surface area contributed by atoms with Gasteiger partial charge < -0.3 is 74.1 Å². The molecular formula is C57H92N7O18P3S-4. The Morgan fingerprint density at radius 2 is 1.29 bits per heavy atom. The third-order valence-electron chi connectivity index (χ3n) is 13.7. The Labute approximate surface area is 511 Å². The quantitative estimate of drug-likeness (QED) is 0.0215. The number of aromatic nitrogens is 4. The second-order valence-electron chi connectivity index (χ2n) is 21.7. The fourth-order valence-electron chi connectivity index (χ4n) is 8.93. The molecule has 0 aliphatic carbocycles. The number of allylic oxidation sites excluding steroid dienone is 10. The molecule has 0 bridgehead atoms. The van der Waals surface area contributed by atoms with E-state index in [-0.39, 0.29) is 53.8 Å². The smallest absolute Gasteiger partial charge is 0.274 e. The maximum absolute atomic E-state index is 12.7. The van der Waals surface area contributed by atoms with E-state index in [0.29, 0.717) is 6.42 Å². The van der Waals surface area contributed by atoms with Gasteiger partial charge >= 0.3 is 0 Å². The number of aliphatic hydroxyl groups excluding tert-OH is 3. The van der Waals surface area contributed by atoms with Crippen molar-refractivity contribution in [2.24, 2.45) is 5.41 Å². The summed E-state index contributed by atoms with van der Waals surface area (Å²) in [6, 6.07) is 0.